The number of nitrogens with zero attached hydrogens (tertiary/aromatic N) is 3. The predicted octanol–water partition coefficient (Wildman–Crippen LogP) is 2.72. The molecule has 0 fully saturated rings. The zero-order valence-corrected chi connectivity index (χ0v) is 9.86. The fourth-order valence-electron chi connectivity index (χ4n) is 1.82. The van der Waals surface area contributed by atoms with Gasteiger partial charge in [0.2, 0.25) is 0 Å². The topological polar surface area (TPSA) is 64.7 Å². The molecule has 3 rings (SSSR count). The molecule has 0 atom stereocenters. The van der Waals surface area contributed by atoms with Crippen molar-refractivity contribution in [2.24, 2.45) is 0 Å². The van der Waals surface area contributed by atoms with Gasteiger partial charge in [0.05, 0.1) is 10.9 Å². The maximum atomic E-state index is 5.93. The second-order valence-corrected chi connectivity index (χ2v) is 4.29. The van der Waals surface area contributed by atoms with Crippen molar-refractivity contribution in [2.45, 2.75) is 6.92 Å². The molecule has 84 valence electrons. The second kappa shape index (κ2) is 3.53. The van der Waals surface area contributed by atoms with Gasteiger partial charge in [-0.05, 0) is 25.1 Å². The van der Waals surface area contributed by atoms with Crippen molar-refractivity contribution in [3.05, 3.63) is 35.1 Å². The third-order valence-electron chi connectivity index (χ3n) is 2.59. The van der Waals surface area contributed by atoms with Gasteiger partial charge in [0.1, 0.15) is 11.6 Å². The van der Waals surface area contributed by atoms with E-state index < -0.39 is 0 Å². The second-order valence-electron chi connectivity index (χ2n) is 3.85. The summed E-state index contributed by atoms with van der Waals surface area (Å²) in [6.45, 7) is 1.79. The highest BCUT2D eigenvalue weighted by Crippen LogP contribution is 2.24. The quantitative estimate of drug-likeness (QED) is 0.618. The third kappa shape index (κ3) is 1.66. The highest BCUT2D eigenvalue weighted by atomic mass is 35.5. The molecule has 0 spiro atoms. The predicted molar refractivity (Wildman–Crippen MR) is 69.0 cm³/mol. The lowest BCUT2D eigenvalue weighted by atomic mass is 10.2. The Morgan fingerprint density at radius 1 is 1.12 bits per heavy atom. The summed E-state index contributed by atoms with van der Waals surface area (Å²) in [6.07, 6.45) is 0. The number of benzene rings is 1. The Morgan fingerprint density at radius 2 is 1.94 bits per heavy atom. The Morgan fingerprint density at radius 3 is 2.76 bits per heavy atom. The van der Waals surface area contributed by atoms with Gasteiger partial charge < -0.3 is 5.73 Å². The Balaban J connectivity index is 2.47. The van der Waals surface area contributed by atoms with Gasteiger partial charge in [-0.3, -0.25) is 0 Å². The van der Waals surface area contributed by atoms with Crippen LogP contribution in [0.1, 0.15) is 5.82 Å². The first-order chi connectivity index (χ1) is 8.13. The molecule has 0 unspecified atom stereocenters. The van der Waals surface area contributed by atoms with Crippen molar-refractivity contribution < 1.29 is 0 Å². The van der Waals surface area contributed by atoms with Crippen LogP contribution in [0, 0.1) is 6.92 Å². The Labute approximate surface area is 102 Å². The van der Waals surface area contributed by atoms with Crippen molar-refractivity contribution in [1.29, 1.82) is 0 Å². The summed E-state index contributed by atoms with van der Waals surface area (Å²) in [6, 6.07) is 7.47. The standard InChI is InChI=1S/C12H9ClN4/c1-6-15-11(14)9-4-7-2-3-8(13)5-10(7)17-12(9)16-6/h2-5H,1H3,(H2,14,15,16,17). The summed E-state index contributed by atoms with van der Waals surface area (Å²) in [5.41, 5.74) is 7.27. The van der Waals surface area contributed by atoms with E-state index >= 15 is 0 Å². The largest absolute Gasteiger partial charge is 0.383 e. The number of fused-ring (bicyclic) bond motifs is 2. The molecule has 0 bridgehead atoms. The minimum absolute atomic E-state index is 0.455. The average Bonchev–Trinajstić information content (AvgIpc) is 2.26. The SMILES string of the molecule is Cc1nc(N)c2cc3ccc(Cl)cc3nc2n1. The van der Waals surface area contributed by atoms with Crippen LogP contribution in [0.3, 0.4) is 0 Å². The maximum absolute atomic E-state index is 5.93. The van der Waals surface area contributed by atoms with Crippen LogP contribution in [-0.4, -0.2) is 15.0 Å². The minimum Gasteiger partial charge on any atom is -0.383 e. The van der Waals surface area contributed by atoms with Crippen molar-refractivity contribution in [3.63, 3.8) is 0 Å². The van der Waals surface area contributed by atoms with Crippen LogP contribution in [0.2, 0.25) is 5.02 Å². The molecule has 1 aromatic carbocycles. The zero-order chi connectivity index (χ0) is 12.0. The van der Waals surface area contributed by atoms with Crippen molar-refractivity contribution in [1.82, 2.24) is 15.0 Å². The fraction of sp³-hybridized carbons (Fsp3) is 0.0833. The summed E-state index contributed by atoms with van der Waals surface area (Å²) < 4.78 is 0. The number of nitrogens with two attached hydrogens (primary N) is 1. The van der Waals surface area contributed by atoms with E-state index in [0.717, 1.165) is 16.3 Å². The van der Waals surface area contributed by atoms with E-state index in [1.54, 1.807) is 6.92 Å². The number of halogens is 1. The molecule has 2 aromatic heterocycles. The molecular weight excluding hydrogens is 236 g/mol. The van der Waals surface area contributed by atoms with Crippen molar-refractivity contribution in [2.75, 3.05) is 5.73 Å². The lowest BCUT2D eigenvalue weighted by Crippen LogP contribution is -1.98. The van der Waals surface area contributed by atoms with Crippen LogP contribution in [0.5, 0.6) is 0 Å². The summed E-state index contributed by atoms with van der Waals surface area (Å²) in [4.78, 5) is 12.8. The van der Waals surface area contributed by atoms with Crippen LogP contribution in [0.4, 0.5) is 5.82 Å². The van der Waals surface area contributed by atoms with Crippen LogP contribution >= 0.6 is 11.6 Å². The first kappa shape index (κ1) is 10.2. The monoisotopic (exact) mass is 244 g/mol. The molecule has 2 N–H and O–H groups in total. The molecule has 4 nitrogen and oxygen atoms in total. The number of rotatable bonds is 0. The van der Waals surface area contributed by atoms with Crippen molar-refractivity contribution >= 4 is 39.4 Å². The van der Waals surface area contributed by atoms with Gasteiger partial charge in [0.25, 0.3) is 0 Å². The molecule has 2 heterocycles. The number of hydrogen-bond donors (Lipinski definition) is 1. The highest BCUT2D eigenvalue weighted by molar-refractivity contribution is 6.31. The van der Waals surface area contributed by atoms with Crippen LogP contribution < -0.4 is 5.73 Å². The summed E-state index contributed by atoms with van der Waals surface area (Å²) in [5.74, 6) is 1.07. The number of nitrogen functional groups attached to an aromatic ring is 1. The first-order valence-electron chi connectivity index (χ1n) is 5.13. The van der Waals surface area contributed by atoms with Gasteiger partial charge in [-0.2, -0.15) is 0 Å². The normalized spacial score (nSPS) is 11.2. The fourth-order valence-corrected chi connectivity index (χ4v) is 1.98. The molecule has 0 aliphatic heterocycles. The molecule has 5 heteroatoms. The van der Waals surface area contributed by atoms with Gasteiger partial charge in [0, 0.05) is 10.4 Å². The van der Waals surface area contributed by atoms with E-state index in [0.29, 0.717) is 22.3 Å². The smallest absolute Gasteiger partial charge is 0.165 e. The molecule has 3 aromatic rings. The van der Waals surface area contributed by atoms with Gasteiger partial charge in [0.15, 0.2) is 5.65 Å². The first-order valence-corrected chi connectivity index (χ1v) is 5.51. The lowest BCUT2D eigenvalue weighted by molar-refractivity contribution is 1.08. The van der Waals surface area contributed by atoms with E-state index in [4.69, 9.17) is 17.3 Å². The maximum Gasteiger partial charge on any atom is 0.165 e. The van der Waals surface area contributed by atoms with Gasteiger partial charge in [-0.15, -0.1) is 0 Å². The van der Waals surface area contributed by atoms with Crippen LogP contribution in [0.25, 0.3) is 21.9 Å². The molecule has 0 aliphatic carbocycles. The van der Waals surface area contributed by atoms with Crippen LogP contribution in [-0.2, 0) is 0 Å². The molecule has 0 saturated heterocycles. The Kier molecular flexibility index (Phi) is 2.12. The summed E-state index contributed by atoms with van der Waals surface area (Å²) in [7, 11) is 0. The summed E-state index contributed by atoms with van der Waals surface area (Å²) >= 11 is 5.93. The Hall–Kier alpha value is -1.94. The number of anilines is 1. The van der Waals surface area contributed by atoms with E-state index in [1.165, 1.54) is 0 Å². The number of aryl methyl sites for hydroxylation is 1. The Bertz CT molecular complexity index is 739. The third-order valence-corrected chi connectivity index (χ3v) is 2.82. The van der Waals surface area contributed by atoms with Gasteiger partial charge in [-0.25, -0.2) is 15.0 Å². The minimum atomic E-state index is 0.455. The average molecular weight is 245 g/mol. The summed E-state index contributed by atoms with van der Waals surface area (Å²) in [5, 5.41) is 2.40. The van der Waals surface area contributed by atoms with E-state index in [9.17, 15) is 0 Å². The molecule has 17 heavy (non-hydrogen) atoms. The lowest BCUT2D eigenvalue weighted by Gasteiger charge is -2.04. The zero-order valence-electron chi connectivity index (χ0n) is 9.11. The van der Waals surface area contributed by atoms with Gasteiger partial charge >= 0.3 is 0 Å². The van der Waals surface area contributed by atoms with E-state index in [2.05, 4.69) is 15.0 Å². The van der Waals surface area contributed by atoms with E-state index in [1.807, 2.05) is 24.3 Å². The van der Waals surface area contributed by atoms with E-state index in [-0.39, 0.29) is 0 Å². The van der Waals surface area contributed by atoms with Crippen molar-refractivity contribution in [3.8, 4) is 0 Å². The number of aromatic nitrogens is 3. The molecule has 0 saturated carbocycles. The van der Waals surface area contributed by atoms with Gasteiger partial charge in [-0.1, -0.05) is 17.7 Å². The number of pyridine rings is 1. The highest BCUT2D eigenvalue weighted by Gasteiger charge is 2.06. The van der Waals surface area contributed by atoms with Crippen LogP contribution in [0.15, 0.2) is 24.3 Å². The number of hydrogen-bond acceptors (Lipinski definition) is 4. The molecule has 0 amide bonds. The molecule has 0 aliphatic rings. The molecular formula is C12H9ClN4. The molecule has 0 radical (unpaired) electrons.